The molecule has 0 spiro atoms. The van der Waals surface area contributed by atoms with Crippen LogP contribution in [-0.4, -0.2) is 53.7 Å². The van der Waals surface area contributed by atoms with Crippen LogP contribution in [0.1, 0.15) is 32.4 Å². The molecule has 1 aliphatic rings. The Morgan fingerprint density at radius 1 is 1.35 bits per heavy atom. The van der Waals surface area contributed by atoms with Crippen molar-refractivity contribution in [2.24, 2.45) is 7.05 Å². The first-order valence-electron chi connectivity index (χ1n) is 7.64. The van der Waals surface area contributed by atoms with E-state index < -0.39 is 0 Å². The molecule has 0 unspecified atom stereocenters. The molecular weight excluding hydrogens is 250 g/mol. The maximum Gasteiger partial charge on any atom is 0.204 e. The predicted octanol–water partition coefficient (Wildman–Crippen LogP) is 1.45. The van der Waals surface area contributed by atoms with Crippen LogP contribution < -0.4 is 10.2 Å². The summed E-state index contributed by atoms with van der Waals surface area (Å²) in [6.07, 6.45) is 4.47. The van der Waals surface area contributed by atoms with Crippen molar-refractivity contribution in [2.45, 2.75) is 45.3 Å². The number of nitrogens with zero attached hydrogens (tertiary/aromatic N) is 4. The minimum Gasteiger partial charge on any atom is -0.348 e. The molecule has 5 heteroatoms. The maximum absolute atomic E-state index is 4.45. The predicted molar refractivity (Wildman–Crippen MR) is 84.1 cm³/mol. The van der Waals surface area contributed by atoms with E-state index in [1.165, 1.54) is 31.6 Å². The summed E-state index contributed by atoms with van der Waals surface area (Å²) < 4.78 is 2.16. The molecule has 0 atom stereocenters. The number of hydrogen-bond acceptors (Lipinski definition) is 4. The first-order valence-corrected chi connectivity index (χ1v) is 7.64. The van der Waals surface area contributed by atoms with Gasteiger partial charge < -0.3 is 19.7 Å². The Balaban J connectivity index is 1.82. The smallest absolute Gasteiger partial charge is 0.204 e. The molecule has 0 radical (unpaired) electrons. The highest BCUT2D eigenvalue weighted by Gasteiger charge is 2.20. The zero-order chi connectivity index (χ0) is 14.7. The maximum atomic E-state index is 4.45. The Kier molecular flexibility index (Phi) is 5.05. The van der Waals surface area contributed by atoms with Crippen molar-refractivity contribution < 1.29 is 0 Å². The Labute approximate surface area is 123 Å². The molecule has 0 saturated carbocycles. The van der Waals surface area contributed by atoms with Crippen LogP contribution in [0.25, 0.3) is 0 Å². The van der Waals surface area contributed by atoms with Crippen LogP contribution >= 0.6 is 0 Å². The van der Waals surface area contributed by atoms with E-state index in [9.17, 15) is 0 Å². The molecule has 1 aromatic heterocycles. The topological polar surface area (TPSA) is 36.3 Å². The van der Waals surface area contributed by atoms with Crippen molar-refractivity contribution in [3.63, 3.8) is 0 Å². The fraction of sp³-hybridized carbons (Fsp3) is 0.800. The van der Waals surface area contributed by atoms with Crippen LogP contribution in [0.2, 0.25) is 0 Å². The van der Waals surface area contributed by atoms with E-state index in [0.29, 0.717) is 12.1 Å². The highest BCUT2D eigenvalue weighted by Crippen LogP contribution is 2.15. The van der Waals surface area contributed by atoms with E-state index >= 15 is 0 Å². The average molecular weight is 279 g/mol. The number of imidazole rings is 1. The van der Waals surface area contributed by atoms with Gasteiger partial charge in [0.15, 0.2) is 0 Å². The summed E-state index contributed by atoms with van der Waals surface area (Å²) in [5, 5.41) is 3.68. The molecule has 0 aliphatic carbocycles. The minimum absolute atomic E-state index is 0.641. The van der Waals surface area contributed by atoms with Gasteiger partial charge in [0.2, 0.25) is 5.95 Å². The molecule has 1 aliphatic heterocycles. The molecule has 1 N–H and O–H groups in total. The molecule has 0 amide bonds. The molecule has 2 rings (SSSR count). The first-order chi connectivity index (χ1) is 9.49. The van der Waals surface area contributed by atoms with Gasteiger partial charge in [0.1, 0.15) is 0 Å². The molecule has 1 saturated heterocycles. The molecule has 1 aromatic rings. The van der Waals surface area contributed by atoms with Gasteiger partial charge in [-0.3, -0.25) is 0 Å². The van der Waals surface area contributed by atoms with Crippen molar-refractivity contribution in [3.05, 3.63) is 11.9 Å². The second-order valence-corrected chi connectivity index (χ2v) is 6.29. The number of nitrogens with one attached hydrogen (secondary N) is 1. The van der Waals surface area contributed by atoms with Crippen molar-refractivity contribution in [1.82, 2.24) is 19.8 Å². The number of piperidine rings is 1. The van der Waals surface area contributed by atoms with Gasteiger partial charge in [-0.2, -0.15) is 0 Å². The van der Waals surface area contributed by atoms with E-state index in [2.05, 4.69) is 40.7 Å². The first kappa shape index (κ1) is 15.3. The Bertz CT molecular complexity index is 416. The fourth-order valence-corrected chi connectivity index (χ4v) is 2.88. The lowest BCUT2D eigenvalue weighted by Gasteiger charge is -2.35. The molecule has 0 aromatic carbocycles. The van der Waals surface area contributed by atoms with Crippen molar-refractivity contribution in [1.29, 1.82) is 0 Å². The van der Waals surface area contributed by atoms with Gasteiger partial charge in [0.05, 0.1) is 11.9 Å². The van der Waals surface area contributed by atoms with Crippen molar-refractivity contribution in [3.8, 4) is 0 Å². The minimum atomic E-state index is 0.641. The lowest BCUT2D eigenvalue weighted by atomic mass is 10.0. The number of likely N-dealkylation sites (tertiary alicyclic amines) is 1. The standard InChI is InChI=1S/C15H29N5/c1-12(2)20-8-6-13(7-9-20)16-10-14-11-17-15(18(3)4)19(14)5/h11-13,16H,6-10H2,1-5H3. The largest absolute Gasteiger partial charge is 0.348 e. The zero-order valence-corrected chi connectivity index (χ0v) is 13.6. The fourth-order valence-electron chi connectivity index (χ4n) is 2.88. The summed E-state index contributed by atoms with van der Waals surface area (Å²) in [6, 6.07) is 1.32. The number of hydrogen-bond donors (Lipinski definition) is 1. The van der Waals surface area contributed by atoms with Gasteiger partial charge in [-0.1, -0.05) is 0 Å². The average Bonchev–Trinajstić information content (AvgIpc) is 2.78. The quantitative estimate of drug-likeness (QED) is 0.885. The molecule has 1 fully saturated rings. The molecule has 20 heavy (non-hydrogen) atoms. The lowest BCUT2D eigenvalue weighted by molar-refractivity contribution is 0.160. The van der Waals surface area contributed by atoms with E-state index in [0.717, 1.165) is 12.5 Å². The Morgan fingerprint density at radius 2 is 2.00 bits per heavy atom. The summed E-state index contributed by atoms with van der Waals surface area (Å²) in [5.74, 6) is 1.01. The van der Waals surface area contributed by atoms with Crippen LogP contribution in [0.3, 0.4) is 0 Å². The molecule has 114 valence electrons. The summed E-state index contributed by atoms with van der Waals surface area (Å²) in [7, 11) is 6.14. The number of anilines is 1. The highest BCUT2D eigenvalue weighted by atomic mass is 15.3. The highest BCUT2D eigenvalue weighted by molar-refractivity contribution is 5.30. The number of rotatable bonds is 5. The van der Waals surface area contributed by atoms with Crippen LogP contribution in [0.5, 0.6) is 0 Å². The van der Waals surface area contributed by atoms with Crippen LogP contribution in [-0.2, 0) is 13.6 Å². The van der Waals surface area contributed by atoms with Gasteiger partial charge >= 0.3 is 0 Å². The van der Waals surface area contributed by atoms with E-state index in [1.54, 1.807) is 0 Å². The third kappa shape index (κ3) is 3.52. The summed E-state index contributed by atoms with van der Waals surface area (Å²) in [5.41, 5.74) is 1.25. The molecule has 5 nitrogen and oxygen atoms in total. The van der Waals surface area contributed by atoms with Gasteiger partial charge in [0.25, 0.3) is 0 Å². The van der Waals surface area contributed by atoms with Gasteiger partial charge in [0, 0.05) is 39.8 Å². The molecule has 0 bridgehead atoms. The van der Waals surface area contributed by atoms with Gasteiger partial charge in [-0.25, -0.2) is 4.98 Å². The third-order valence-electron chi connectivity index (χ3n) is 4.29. The molecule has 2 heterocycles. The summed E-state index contributed by atoms with van der Waals surface area (Å²) in [4.78, 5) is 9.06. The Morgan fingerprint density at radius 3 is 2.50 bits per heavy atom. The second-order valence-electron chi connectivity index (χ2n) is 6.29. The van der Waals surface area contributed by atoms with Crippen molar-refractivity contribution in [2.75, 3.05) is 32.1 Å². The third-order valence-corrected chi connectivity index (χ3v) is 4.29. The normalized spacial score (nSPS) is 17.9. The second kappa shape index (κ2) is 6.59. The molecular formula is C15H29N5. The van der Waals surface area contributed by atoms with E-state index in [1.807, 2.05) is 25.2 Å². The van der Waals surface area contributed by atoms with Crippen LogP contribution in [0, 0.1) is 0 Å². The number of aromatic nitrogens is 2. The lowest BCUT2D eigenvalue weighted by Crippen LogP contribution is -2.44. The van der Waals surface area contributed by atoms with Crippen LogP contribution in [0.4, 0.5) is 5.95 Å². The van der Waals surface area contributed by atoms with E-state index in [-0.39, 0.29) is 0 Å². The van der Waals surface area contributed by atoms with Crippen LogP contribution in [0.15, 0.2) is 6.20 Å². The van der Waals surface area contributed by atoms with Crippen molar-refractivity contribution >= 4 is 5.95 Å². The van der Waals surface area contributed by atoms with Gasteiger partial charge in [-0.05, 0) is 39.8 Å². The Hall–Kier alpha value is -1.07. The summed E-state index contributed by atoms with van der Waals surface area (Å²) in [6.45, 7) is 7.90. The van der Waals surface area contributed by atoms with E-state index in [4.69, 9.17) is 0 Å². The van der Waals surface area contributed by atoms with Gasteiger partial charge in [-0.15, -0.1) is 0 Å². The SMILES string of the molecule is CC(C)N1CCC(NCc2cnc(N(C)C)n2C)CC1. The summed E-state index contributed by atoms with van der Waals surface area (Å²) >= 11 is 0. The monoisotopic (exact) mass is 279 g/mol. The zero-order valence-electron chi connectivity index (χ0n) is 13.6.